The Labute approximate surface area is 230 Å². The van der Waals surface area contributed by atoms with Gasteiger partial charge in [-0.2, -0.15) is 0 Å². The molecule has 3 aromatic carbocycles. The zero-order valence-electron chi connectivity index (χ0n) is 22.3. The molecule has 0 saturated carbocycles. The summed E-state index contributed by atoms with van der Waals surface area (Å²) in [6.07, 6.45) is 4.29. The second-order valence-corrected chi connectivity index (χ2v) is 27.5. The van der Waals surface area contributed by atoms with Crippen LogP contribution < -0.4 is 13.6 Å². The van der Waals surface area contributed by atoms with Crippen molar-refractivity contribution in [2.24, 2.45) is 0 Å². The first-order valence-corrected chi connectivity index (χ1v) is 23.4. The van der Waals surface area contributed by atoms with Crippen molar-refractivity contribution in [3.63, 3.8) is 0 Å². The number of para-hydroxylation sites is 3. The van der Waals surface area contributed by atoms with Gasteiger partial charge < -0.3 is 13.6 Å². The van der Waals surface area contributed by atoms with Gasteiger partial charge in [0.1, 0.15) is 17.2 Å². The van der Waals surface area contributed by atoms with Crippen molar-refractivity contribution in [2.45, 2.75) is 42.4 Å². The molecule has 0 N–H and O–H groups in total. The van der Waals surface area contributed by atoms with Crippen LogP contribution in [0.25, 0.3) is 0 Å². The Hall–Kier alpha value is -2.59. The van der Waals surface area contributed by atoms with Crippen molar-refractivity contribution in [3.8, 4) is 17.2 Å². The fourth-order valence-corrected chi connectivity index (χ4v) is 37.8. The van der Waals surface area contributed by atoms with Crippen LogP contribution in [0.4, 0.5) is 0 Å². The fraction of sp³-hybridized carbons (Fsp3) is 0.267. The fourth-order valence-electron chi connectivity index (χ4n) is 4.90. The first-order chi connectivity index (χ1) is 18.2. The van der Waals surface area contributed by atoms with Gasteiger partial charge in [-0.15, -0.1) is 13.2 Å². The molecule has 3 aromatic rings. The Balaban J connectivity index is 1.92. The van der Waals surface area contributed by atoms with Crippen LogP contribution in [0, 0.1) is 0 Å². The van der Waals surface area contributed by atoms with E-state index < -0.39 is 25.2 Å². The maximum atomic E-state index is 7.20. The van der Waals surface area contributed by atoms with Gasteiger partial charge in [-0.3, -0.25) is 0 Å². The maximum Gasteiger partial charge on any atom is 0.239 e. The Bertz CT molecular complexity index is 1040. The van der Waals surface area contributed by atoms with Crippen molar-refractivity contribution in [2.75, 3.05) is 6.61 Å². The van der Waals surface area contributed by atoms with E-state index in [-0.39, 0.29) is 9.52 Å². The van der Waals surface area contributed by atoms with Gasteiger partial charge in [0.2, 0.25) is 16.9 Å². The van der Waals surface area contributed by atoms with E-state index in [0.717, 1.165) is 41.0 Å². The molecular formula is C30H42O3Si4. The van der Waals surface area contributed by atoms with Gasteiger partial charge in [0.15, 0.2) is 0 Å². The summed E-state index contributed by atoms with van der Waals surface area (Å²) in [7, 11) is -5.27. The van der Waals surface area contributed by atoms with Gasteiger partial charge in [-0.05, 0) is 48.5 Å². The van der Waals surface area contributed by atoms with Crippen LogP contribution in [0.15, 0.2) is 116 Å². The smallest absolute Gasteiger partial charge is 0.239 e. The minimum atomic E-state index is -2.20. The van der Waals surface area contributed by atoms with Crippen molar-refractivity contribution in [1.82, 2.24) is 0 Å². The molecule has 0 aliphatic heterocycles. The summed E-state index contributed by atoms with van der Waals surface area (Å²) in [5, 5.41) is 0. The summed E-state index contributed by atoms with van der Waals surface area (Å²) in [5.41, 5.74) is 2.49. The topological polar surface area (TPSA) is 27.7 Å². The van der Waals surface area contributed by atoms with E-state index in [1.807, 2.05) is 36.4 Å². The predicted octanol–water partition coefficient (Wildman–Crippen LogP) is 6.67. The molecule has 0 bridgehead atoms. The molecule has 3 unspecified atom stereocenters. The molecule has 0 heterocycles. The summed E-state index contributed by atoms with van der Waals surface area (Å²) >= 11 is 0. The first kappa shape index (κ1) is 29.0. The van der Waals surface area contributed by atoms with Gasteiger partial charge in [0, 0.05) is 21.2 Å². The molecule has 0 aliphatic carbocycles. The molecular weight excluding hydrogens is 521 g/mol. The lowest BCUT2D eigenvalue weighted by Gasteiger charge is -2.39. The van der Waals surface area contributed by atoms with Gasteiger partial charge in [0.25, 0.3) is 0 Å². The van der Waals surface area contributed by atoms with E-state index >= 15 is 0 Å². The summed E-state index contributed by atoms with van der Waals surface area (Å²) in [6.45, 7) is 11.4. The average Bonchev–Trinajstić information content (AvgIpc) is 2.93. The highest BCUT2D eigenvalue weighted by molar-refractivity contribution is 7.34. The molecule has 3 nitrogen and oxygen atoms in total. The summed E-state index contributed by atoms with van der Waals surface area (Å²) < 4.78 is 20.2. The van der Waals surface area contributed by atoms with Crippen LogP contribution in [0.5, 0.6) is 17.2 Å². The molecule has 0 spiro atoms. The third-order valence-electron chi connectivity index (χ3n) is 6.73. The summed E-state index contributed by atoms with van der Waals surface area (Å²) in [6, 6.07) is 35.2. The minimum Gasteiger partial charge on any atom is -0.547 e. The Morgan fingerprint density at radius 2 is 1.41 bits per heavy atom. The SMILES string of the molecule is C=CC[SiH](C[SiH2]CC)[Si](CC=C)(C[SiH](CCOc1ccccc1)Oc1ccccc1)Oc1ccccc1. The standard InChI is InChI=1S/C30H42O3Si4/c1-4-23-36(26-34-6-3)37(25-5-2,33-30-20-14-9-15-21-30)27-35(32-29-18-12-8-13-19-29)24-22-31-28-16-10-7-11-17-28/h4-5,7-21,35-36H,1-2,6,22-27,34H2,3H3. The largest absolute Gasteiger partial charge is 0.547 e. The lowest BCUT2D eigenvalue weighted by atomic mass is 10.3. The van der Waals surface area contributed by atoms with Crippen molar-refractivity contribution >= 4 is 34.7 Å². The van der Waals surface area contributed by atoms with Crippen LogP contribution in [0.2, 0.25) is 35.5 Å². The predicted molar refractivity (Wildman–Crippen MR) is 170 cm³/mol. The van der Waals surface area contributed by atoms with E-state index in [9.17, 15) is 0 Å². The second kappa shape index (κ2) is 16.3. The zero-order valence-corrected chi connectivity index (χ0v) is 27.0. The molecule has 3 rings (SSSR count). The third-order valence-corrected chi connectivity index (χ3v) is 32.9. The average molecular weight is 563 g/mol. The molecule has 0 aromatic heterocycles. The summed E-state index contributed by atoms with van der Waals surface area (Å²) in [4.78, 5) is 0. The van der Waals surface area contributed by atoms with Gasteiger partial charge in [-0.1, -0.05) is 85.4 Å². The number of hydrogen-bond acceptors (Lipinski definition) is 3. The van der Waals surface area contributed by atoms with Crippen LogP contribution in [0.1, 0.15) is 6.92 Å². The minimum absolute atomic E-state index is 0.0895. The van der Waals surface area contributed by atoms with Gasteiger partial charge in [-0.25, -0.2) is 0 Å². The number of rotatable bonds is 18. The highest BCUT2D eigenvalue weighted by Crippen LogP contribution is 2.31. The van der Waals surface area contributed by atoms with E-state index in [2.05, 4.69) is 86.8 Å². The lowest BCUT2D eigenvalue weighted by molar-refractivity contribution is 0.334. The van der Waals surface area contributed by atoms with Crippen molar-refractivity contribution in [1.29, 1.82) is 0 Å². The van der Waals surface area contributed by atoms with E-state index in [4.69, 9.17) is 13.6 Å². The van der Waals surface area contributed by atoms with Crippen LogP contribution in [-0.4, -0.2) is 41.3 Å². The molecule has 3 atom stereocenters. The van der Waals surface area contributed by atoms with E-state index in [0.29, 0.717) is 6.61 Å². The molecule has 0 amide bonds. The number of hydrogen-bond donors (Lipinski definition) is 0. The zero-order chi connectivity index (χ0) is 26.2. The van der Waals surface area contributed by atoms with Crippen molar-refractivity contribution in [3.05, 3.63) is 116 Å². The monoisotopic (exact) mass is 562 g/mol. The Kier molecular flexibility index (Phi) is 12.8. The molecule has 196 valence electrons. The maximum absolute atomic E-state index is 7.20. The highest BCUT2D eigenvalue weighted by atomic mass is 29.2. The van der Waals surface area contributed by atoms with Crippen LogP contribution in [-0.2, 0) is 0 Å². The van der Waals surface area contributed by atoms with E-state index in [1.165, 1.54) is 11.7 Å². The lowest BCUT2D eigenvalue weighted by Crippen LogP contribution is -2.59. The molecule has 0 aliphatic rings. The van der Waals surface area contributed by atoms with Crippen LogP contribution >= 0.6 is 0 Å². The quantitative estimate of drug-likeness (QED) is 0.128. The third kappa shape index (κ3) is 9.66. The van der Waals surface area contributed by atoms with Crippen LogP contribution in [0.3, 0.4) is 0 Å². The Morgan fingerprint density at radius 1 is 0.811 bits per heavy atom. The number of allylic oxidation sites excluding steroid dienone is 2. The van der Waals surface area contributed by atoms with Crippen molar-refractivity contribution < 1.29 is 13.6 Å². The molecule has 0 saturated heterocycles. The molecule has 37 heavy (non-hydrogen) atoms. The van der Waals surface area contributed by atoms with Gasteiger partial charge >= 0.3 is 0 Å². The normalized spacial score (nSPS) is 14.4. The first-order valence-electron chi connectivity index (χ1n) is 13.5. The molecule has 0 fully saturated rings. The number of benzene rings is 3. The second-order valence-electron chi connectivity index (χ2n) is 9.54. The molecule has 7 heteroatoms. The van der Waals surface area contributed by atoms with E-state index in [1.54, 1.807) is 0 Å². The molecule has 0 radical (unpaired) electrons. The highest BCUT2D eigenvalue weighted by Gasteiger charge is 2.46. The summed E-state index contributed by atoms with van der Waals surface area (Å²) in [5.74, 6) is 2.88. The number of ether oxygens (including phenoxy) is 1. The van der Waals surface area contributed by atoms with Gasteiger partial charge in [0.05, 0.1) is 14.9 Å². The Morgan fingerprint density at radius 3 is 1.97 bits per heavy atom.